The second kappa shape index (κ2) is 8.72. The third-order valence-corrected chi connectivity index (χ3v) is 3.17. The van der Waals surface area contributed by atoms with E-state index in [4.69, 9.17) is 16.3 Å². The van der Waals surface area contributed by atoms with E-state index in [0.717, 1.165) is 11.3 Å². The van der Waals surface area contributed by atoms with Crippen molar-refractivity contribution in [2.24, 2.45) is 0 Å². The maximum absolute atomic E-state index is 11.7. The Balaban J connectivity index is 1.69. The number of aryl methyl sites for hydroxylation is 1. The average molecular weight is 329 g/mol. The highest BCUT2D eigenvalue weighted by molar-refractivity contribution is 6.30. The molecular weight excluding hydrogens is 312 g/mol. The normalized spacial score (nSPS) is 9.48. The lowest BCUT2D eigenvalue weighted by Gasteiger charge is -2.05. The minimum absolute atomic E-state index is 0.240. The predicted molar refractivity (Wildman–Crippen MR) is 92.9 cm³/mol. The van der Waals surface area contributed by atoms with Gasteiger partial charge in [-0.15, -0.1) is 0 Å². The van der Waals surface area contributed by atoms with Crippen molar-refractivity contribution in [2.45, 2.75) is 6.92 Å². The van der Waals surface area contributed by atoms with E-state index in [0.29, 0.717) is 10.7 Å². The number of urea groups is 1. The van der Waals surface area contributed by atoms with E-state index in [1.165, 1.54) is 0 Å². The van der Waals surface area contributed by atoms with Crippen molar-refractivity contribution in [3.8, 4) is 17.6 Å². The number of halogens is 1. The molecule has 4 nitrogen and oxygen atoms in total. The van der Waals surface area contributed by atoms with Gasteiger partial charge in [0, 0.05) is 10.7 Å². The summed E-state index contributed by atoms with van der Waals surface area (Å²) < 4.78 is 5.54. The van der Waals surface area contributed by atoms with E-state index >= 15 is 0 Å². The Kier molecular flexibility index (Phi) is 6.34. The number of carbonyl (C=O) groups is 1. The Morgan fingerprint density at radius 3 is 2.78 bits per heavy atom. The Labute approximate surface area is 140 Å². The van der Waals surface area contributed by atoms with Gasteiger partial charge in [0.1, 0.15) is 12.4 Å². The SMILES string of the molecule is Cc1ccccc1OCC#CCNC(=O)Nc1cccc(Cl)c1. The first-order valence-corrected chi connectivity index (χ1v) is 7.47. The summed E-state index contributed by atoms with van der Waals surface area (Å²) in [5.41, 5.74) is 1.69. The van der Waals surface area contributed by atoms with Gasteiger partial charge in [-0.3, -0.25) is 0 Å². The molecule has 2 amide bonds. The van der Waals surface area contributed by atoms with Gasteiger partial charge in [-0.05, 0) is 36.8 Å². The molecule has 0 radical (unpaired) electrons. The minimum Gasteiger partial charge on any atom is -0.481 e. The summed E-state index contributed by atoms with van der Waals surface area (Å²) in [6, 6.07) is 14.3. The van der Waals surface area contributed by atoms with Crippen LogP contribution in [0.25, 0.3) is 0 Å². The van der Waals surface area contributed by atoms with Gasteiger partial charge >= 0.3 is 6.03 Å². The van der Waals surface area contributed by atoms with Crippen molar-refractivity contribution >= 4 is 23.3 Å². The van der Waals surface area contributed by atoms with Crippen LogP contribution in [0.1, 0.15) is 5.56 Å². The van der Waals surface area contributed by atoms with Crippen LogP contribution in [0.4, 0.5) is 10.5 Å². The molecule has 0 saturated heterocycles. The molecule has 0 aliphatic carbocycles. The summed E-state index contributed by atoms with van der Waals surface area (Å²) >= 11 is 5.84. The zero-order valence-corrected chi connectivity index (χ0v) is 13.5. The average Bonchev–Trinajstić information content (AvgIpc) is 2.52. The molecule has 0 spiro atoms. The van der Waals surface area contributed by atoms with Gasteiger partial charge in [0.2, 0.25) is 0 Å². The van der Waals surface area contributed by atoms with Crippen LogP contribution in [0.2, 0.25) is 5.02 Å². The molecule has 0 saturated carbocycles. The smallest absolute Gasteiger partial charge is 0.319 e. The lowest BCUT2D eigenvalue weighted by Crippen LogP contribution is -2.28. The third-order valence-electron chi connectivity index (χ3n) is 2.94. The first-order valence-electron chi connectivity index (χ1n) is 7.10. The maximum Gasteiger partial charge on any atom is 0.319 e. The maximum atomic E-state index is 11.7. The summed E-state index contributed by atoms with van der Waals surface area (Å²) in [6.07, 6.45) is 0. The molecule has 0 fully saturated rings. The fourth-order valence-electron chi connectivity index (χ4n) is 1.81. The Bertz CT molecular complexity index is 735. The third kappa shape index (κ3) is 5.93. The zero-order chi connectivity index (χ0) is 16.5. The molecule has 0 aromatic heterocycles. The largest absolute Gasteiger partial charge is 0.481 e. The summed E-state index contributed by atoms with van der Waals surface area (Å²) in [5.74, 6) is 6.50. The molecular formula is C18H17ClN2O2. The van der Waals surface area contributed by atoms with Gasteiger partial charge in [-0.25, -0.2) is 4.79 Å². The fraction of sp³-hybridized carbons (Fsp3) is 0.167. The predicted octanol–water partition coefficient (Wildman–Crippen LogP) is 3.85. The van der Waals surface area contributed by atoms with Crippen LogP contribution in [0.3, 0.4) is 0 Å². The van der Waals surface area contributed by atoms with Crippen molar-refractivity contribution in [1.82, 2.24) is 5.32 Å². The van der Waals surface area contributed by atoms with E-state index in [1.54, 1.807) is 24.3 Å². The number of carbonyl (C=O) groups excluding carboxylic acids is 1. The molecule has 0 unspecified atom stereocenters. The van der Waals surface area contributed by atoms with Crippen molar-refractivity contribution in [2.75, 3.05) is 18.5 Å². The second-order valence-corrected chi connectivity index (χ2v) is 5.16. The quantitative estimate of drug-likeness (QED) is 0.837. The minimum atomic E-state index is -0.332. The van der Waals surface area contributed by atoms with Gasteiger partial charge in [0.25, 0.3) is 0 Å². The van der Waals surface area contributed by atoms with E-state index in [1.807, 2.05) is 31.2 Å². The van der Waals surface area contributed by atoms with Crippen LogP contribution in [0, 0.1) is 18.8 Å². The Morgan fingerprint density at radius 1 is 1.17 bits per heavy atom. The highest BCUT2D eigenvalue weighted by atomic mass is 35.5. The van der Waals surface area contributed by atoms with Gasteiger partial charge in [0.05, 0.1) is 6.54 Å². The van der Waals surface area contributed by atoms with Crippen LogP contribution >= 0.6 is 11.6 Å². The van der Waals surface area contributed by atoms with E-state index in [2.05, 4.69) is 22.5 Å². The Morgan fingerprint density at radius 2 is 2.00 bits per heavy atom. The molecule has 23 heavy (non-hydrogen) atoms. The van der Waals surface area contributed by atoms with Crippen LogP contribution < -0.4 is 15.4 Å². The monoisotopic (exact) mass is 328 g/mol. The van der Waals surface area contributed by atoms with E-state index < -0.39 is 0 Å². The molecule has 0 aliphatic heterocycles. The molecule has 2 aromatic carbocycles. The number of hydrogen-bond donors (Lipinski definition) is 2. The lowest BCUT2D eigenvalue weighted by atomic mass is 10.2. The Hall–Kier alpha value is -2.64. The number of rotatable bonds is 4. The first kappa shape index (κ1) is 16.7. The molecule has 0 bridgehead atoms. The topological polar surface area (TPSA) is 50.4 Å². The van der Waals surface area contributed by atoms with E-state index in [-0.39, 0.29) is 19.2 Å². The number of anilines is 1. The van der Waals surface area contributed by atoms with Crippen molar-refractivity contribution in [3.05, 3.63) is 59.1 Å². The number of amides is 2. The van der Waals surface area contributed by atoms with E-state index in [9.17, 15) is 4.79 Å². The summed E-state index contributed by atoms with van der Waals surface area (Å²) in [4.78, 5) is 11.7. The van der Waals surface area contributed by atoms with Gasteiger partial charge < -0.3 is 15.4 Å². The van der Waals surface area contributed by atoms with Crippen molar-refractivity contribution < 1.29 is 9.53 Å². The number of para-hydroxylation sites is 1. The molecule has 0 heterocycles. The van der Waals surface area contributed by atoms with Gasteiger partial charge in [0.15, 0.2) is 0 Å². The van der Waals surface area contributed by atoms with Crippen LogP contribution in [-0.2, 0) is 0 Å². The van der Waals surface area contributed by atoms with Crippen LogP contribution in [0.5, 0.6) is 5.75 Å². The molecule has 118 valence electrons. The molecule has 0 aliphatic rings. The molecule has 2 aromatic rings. The summed E-state index contributed by atoms with van der Waals surface area (Å²) in [5, 5.41) is 5.88. The van der Waals surface area contributed by atoms with Gasteiger partial charge in [-0.2, -0.15) is 0 Å². The highest BCUT2D eigenvalue weighted by Crippen LogP contribution is 2.15. The van der Waals surface area contributed by atoms with Gasteiger partial charge in [-0.1, -0.05) is 47.7 Å². The lowest BCUT2D eigenvalue weighted by molar-refractivity contribution is 0.253. The fourth-order valence-corrected chi connectivity index (χ4v) is 2.00. The number of hydrogen-bond acceptors (Lipinski definition) is 2. The number of ether oxygens (including phenoxy) is 1. The highest BCUT2D eigenvalue weighted by Gasteiger charge is 2.00. The molecule has 5 heteroatoms. The van der Waals surface area contributed by atoms with Crippen molar-refractivity contribution in [3.63, 3.8) is 0 Å². The zero-order valence-electron chi connectivity index (χ0n) is 12.7. The van der Waals surface area contributed by atoms with Crippen LogP contribution in [0.15, 0.2) is 48.5 Å². The number of benzene rings is 2. The second-order valence-electron chi connectivity index (χ2n) is 4.73. The summed E-state index contributed by atoms with van der Waals surface area (Å²) in [7, 11) is 0. The first-order chi connectivity index (χ1) is 11.1. The summed E-state index contributed by atoms with van der Waals surface area (Å²) in [6.45, 7) is 2.50. The van der Waals surface area contributed by atoms with Crippen molar-refractivity contribution in [1.29, 1.82) is 0 Å². The molecule has 0 atom stereocenters. The molecule has 2 rings (SSSR count). The number of nitrogens with one attached hydrogen (secondary N) is 2. The molecule has 2 N–H and O–H groups in total. The standard InChI is InChI=1S/C18H17ClN2O2/c1-14-7-2-3-10-17(14)23-12-5-4-11-20-18(22)21-16-9-6-8-15(19)13-16/h2-3,6-10,13H,11-12H2,1H3,(H2,20,21,22). The van der Waals surface area contributed by atoms with Crippen LogP contribution in [-0.4, -0.2) is 19.2 Å².